The van der Waals surface area contributed by atoms with Crippen LogP contribution in [0.3, 0.4) is 0 Å². The number of rotatable bonds is 5. The molecule has 12 nitrogen and oxygen atoms in total. The number of H-pyrrole nitrogens is 1. The Balaban J connectivity index is 1.38. The predicted molar refractivity (Wildman–Crippen MR) is 158 cm³/mol. The molecule has 4 N–H and O–H groups in total. The van der Waals surface area contributed by atoms with Gasteiger partial charge in [-0.05, 0) is 72.2 Å². The van der Waals surface area contributed by atoms with E-state index in [2.05, 4.69) is 55.5 Å². The third-order valence-electron chi connectivity index (χ3n) is 7.19. The number of amides is 2. The number of aromatic nitrogens is 6. The van der Waals surface area contributed by atoms with Crippen LogP contribution in [0.2, 0.25) is 5.02 Å². The molecule has 42 heavy (non-hydrogen) atoms. The van der Waals surface area contributed by atoms with Gasteiger partial charge in [-0.25, -0.2) is 9.78 Å². The van der Waals surface area contributed by atoms with Crippen molar-refractivity contribution in [2.24, 2.45) is 5.92 Å². The molecular formula is C29H32ClN9O3. The van der Waals surface area contributed by atoms with E-state index in [9.17, 15) is 9.59 Å². The fraction of sp³-hybridized carbons (Fsp3) is 0.310. The first kappa shape index (κ1) is 29.0. The average molecular weight is 590 g/mol. The standard InChI is InChI=1S/C29H32ClN9O3/c1-18-22(36-29(41)42-2)11-10-21-24-16-32-28(35-24)23(7-5-3-4-6-14-31-27(18)21)34-26(40)13-8-19-15-20(30)9-12-25(19)39-17-33-37-38-39/h3,5,8-13,15-18,23,27,31H,4,6-7,14H2,1-2H3,(H,32,35)(H,34,40)(H,36,41)/b5-3+,13-8+/t18?,23-,27?/m0/s1. The molecule has 3 aromatic rings. The molecule has 5 rings (SSSR count). The molecule has 2 aliphatic rings. The van der Waals surface area contributed by atoms with Gasteiger partial charge in [0.2, 0.25) is 5.91 Å². The Bertz CT molecular complexity index is 1540. The van der Waals surface area contributed by atoms with Crippen molar-refractivity contribution in [1.82, 2.24) is 46.1 Å². The Morgan fingerprint density at radius 1 is 1.24 bits per heavy atom. The topological polar surface area (TPSA) is 152 Å². The number of allylic oxidation sites excluding steroid dienone is 3. The van der Waals surface area contributed by atoms with Crippen molar-refractivity contribution in [3.63, 3.8) is 0 Å². The van der Waals surface area contributed by atoms with Crippen LogP contribution in [0.4, 0.5) is 4.79 Å². The summed E-state index contributed by atoms with van der Waals surface area (Å²) in [6, 6.07) is 4.80. The minimum atomic E-state index is -0.503. The van der Waals surface area contributed by atoms with Gasteiger partial charge in [0.25, 0.3) is 0 Å². The smallest absolute Gasteiger partial charge is 0.411 e. The molecule has 1 aliphatic heterocycles. The molecule has 218 valence electrons. The number of halogens is 1. The van der Waals surface area contributed by atoms with E-state index in [-0.39, 0.29) is 23.9 Å². The van der Waals surface area contributed by atoms with Crippen LogP contribution in [-0.4, -0.2) is 61.9 Å². The van der Waals surface area contributed by atoms with Crippen molar-refractivity contribution in [2.75, 3.05) is 13.7 Å². The monoisotopic (exact) mass is 589 g/mol. The van der Waals surface area contributed by atoms with Crippen LogP contribution < -0.4 is 16.0 Å². The molecule has 3 heterocycles. The molecule has 13 heteroatoms. The van der Waals surface area contributed by atoms with Crippen LogP contribution in [0.25, 0.3) is 17.3 Å². The average Bonchev–Trinajstić information content (AvgIpc) is 3.70. The summed E-state index contributed by atoms with van der Waals surface area (Å²) in [7, 11) is 1.34. The normalized spacial score (nSPS) is 21.5. The summed E-state index contributed by atoms with van der Waals surface area (Å²) in [4.78, 5) is 33.1. The summed E-state index contributed by atoms with van der Waals surface area (Å²) < 4.78 is 6.29. The number of benzene rings is 1. The number of methoxy groups -OCH3 is 1. The van der Waals surface area contributed by atoms with E-state index in [0.717, 1.165) is 36.4 Å². The number of alkyl carbamates (subject to hydrolysis) is 1. The van der Waals surface area contributed by atoms with E-state index in [1.807, 2.05) is 18.3 Å². The van der Waals surface area contributed by atoms with Gasteiger partial charge in [-0.3, -0.25) is 10.1 Å². The van der Waals surface area contributed by atoms with Gasteiger partial charge in [0, 0.05) is 40.5 Å². The van der Waals surface area contributed by atoms with Gasteiger partial charge >= 0.3 is 6.09 Å². The highest BCUT2D eigenvalue weighted by Crippen LogP contribution is 2.31. The van der Waals surface area contributed by atoms with Gasteiger partial charge in [-0.15, -0.1) is 5.10 Å². The van der Waals surface area contributed by atoms with Crippen LogP contribution in [-0.2, 0) is 9.53 Å². The number of nitrogens with one attached hydrogen (secondary N) is 4. The molecule has 2 aromatic heterocycles. The number of carbonyl (C=O) groups is 2. The molecule has 2 amide bonds. The molecule has 0 saturated carbocycles. The number of carbonyl (C=O) groups excluding carboxylic acids is 2. The van der Waals surface area contributed by atoms with Crippen LogP contribution >= 0.6 is 11.6 Å². The van der Waals surface area contributed by atoms with Gasteiger partial charge in [-0.1, -0.05) is 36.8 Å². The predicted octanol–water partition coefficient (Wildman–Crippen LogP) is 3.88. The number of nitrogens with zero attached hydrogens (tertiary/aromatic N) is 5. The number of hydrogen-bond acceptors (Lipinski definition) is 8. The Labute approximate surface area is 248 Å². The number of fused-ring (bicyclic) bond motifs is 4. The van der Waals surface area contributed by atoms with Crippen molar-refractivity contribution in [1.29, 1.82) is 0 Å². The van der Waals surface area contributed by atoms with Crippen molar-refractivity contribution in [3.8, 4) is 5.69 Å². The fourth-order valence-corrected chi connectivity index (χ4v) is 5.17. The van der Waals surface area contributed by atoms with E-state index < -0.39 is 6.09 Å². The highest BCUT2D eigenvalue weighted by molar-refractivity contribution is 6.30. The van der Waals surface area contributed by atoms with E-state index in [4.69, 9.17) is 21.3 Å². The van der Waals surface area contributed by atoms with Gasteiger partial charge < -0.3 is 20.4 Å². The largest absolute Gasteiger partial charge is 0.453 e. The third-order valence-corrected chi connectivity index (χ3v) is 7.42. The number of imidazole rings is 1. The van der Waals surface area contributed by atoms with Gasteiger partial charge in [0.15, 0.2) is 0 Å². The Morgan fingerprint density at radius 3 is 2.93 bits per heavy atom. The summed E-state index contributed by atoms with van der Waals surface area (Å²) in [5, 5.41) is 21.4. The third kappa shape index (κ3) is 6.84. The summed E-state index contributed by atoms with van der Waals surface area (Å²) in [6.07, 6.45) is 16.4. The Kier molecular flexibility index (Phi) is 9.25. The Hall–Kier alpha value is -4.55. The second-order valence-electron chi connectivity index (χ2n) is 9.95. The zero-order chi connectivity index (χ0) is 29.5. The van der Waals surface area contributed by atoms with Crippen molar-refractivity contribution >= 4 is 35.3 Å². The lowest BCUT2D eigenvalue weighted by Crippen LogP contribution is -2.42. The Morgan fingerprint density at radius 2 is 2.12 bits per heavy atom. The molecule has 0 saturated heterocycles. The van der Waals surface area contributed by atoms with Crippen molar-refractivity contribution in [3.05, 3.63) is 88.9 Å². The number of ether oxygens (including phenoxy) is 1. The maximum atomic E-state index is 13.1. The molecule has 1 aromatic carbocycles. The molecule has 2 unspecified atom stereocenters. The molecule has 2 bridgehead atoms. The fourth-order valence-electron chi connectivity index (χ4n) is 4.99. The quantitative estimate of drug-likeness (QED) is 0.258. The van der Waals surface area contributed by atoms with Gasteiger partial charge in [0.05, 0.1) is 24.5 Å². The maximum Gasteiger partial charge on any atom is 0.411 e. The molecule has 1 aliphatic carbocycles. The summed E-state index contributed by atoms with van der Waals surface area (Å²) >= 11 is 6.22. The number of tetrazole rings is 1. The van der Waals surface area contributed by atoms with Crippen LogP contribution in [0.1, 0.15) is 49.3 Å². The lowest BCUT2D eigenvalue weighted by atomic mass is 9.85. The van der Waals surface area contributed by atoms with E-state index >= 15 is 0 Å². The first-order valence-corrected chi connectivity index (χ1v) is 14.0. The zero-order valence-electron chi connectivity index (χ0n) is 23.3. The SMILES string of the molecule is COC(=O)NC1=CC=C2c3c[nH]c(n3)[C@@H](NC(=O)/C=C/c3cc(Cl)ccc3-n3cnnn3)C/C=C/CCCNC2C1C. The van der Waals surface area contributed by atoms with Gasteiger partial charge in [-0.2, -0.15) is 4.68 Å². The summed E-state index contributed by atoms with van der Waals surface area (Å²) in [5.74, 6) is 0.322. The van der Waals surface area contributed by atoms with Crippen LogP contribution in [0, 0.1) is 5.92 Å². The first-order valence-electron chi connectivity index (χ1n) is 13.6. The van der Waals surface area contributed by atoms with E-state index in [1.54, 1.807) is 24.3 Å². The minimum absolute atomic E-state index is 0.0322. The lowest BCUT2D eigenvalue weighted by Gasteiger charge is -2.31. The number of hydrogen-bond donors (Lipinski definition) is 4. The zero-order valence-corrected chi connectivity index (χ0v) is 24.0. The number of aromatic amines is 1. The highest BCUT2D eigenvalue weighted by Gasteiger charge is 2.30. The molecule has 0 fully saturated rings. The van der Waals surface area contributed by atoms with Gasteiger partial charge in [0.1, 0.15) is 12.2 Å². The van der Waals surface area contributed by atoms with Crippen LogP contribution in [0.15, 0.2) is 66.8 Å². The summed E-state index contributed by atoms with van der Waals surface area (Å²) in [5.41, 5.74) is 3.90. The highest BCUT2D eigenvalue weighted by atomic mass is 35.5. The minimum Gasteiger partial charge on any atom is -0.453 e. The first-order chi connectivity index (χ1) is 20.4. The van der Waals surface area contributed by atoms with Crippen LogP contribution in [0.5, 0.6) is 0 Å². The second kappa shape index (κ2) is 13.4. The lowest BCUT2D eigenvalue weighted by molar-refractivity contribution is -0.117. The van der Waals surface area contributed by atoms with E-state index in [1.165, 1.54) is 24.2 Å². The van der Waals surface area contributed by atoms with E-state index in [0.29, 0.717) is 28.5 Å². The van der Waals surface area contributed by atoms with Crippen molar-refractivity contribution < 1.29 is 14.3 Å². The van der Waals surface area contributed by atoms with Crippen molar-refractivity contribution in [2.45, 2.75) is 38.3 Å². The second-order valence-corrected chi connectivity index (χ2v) is 10.4. The summed E-state index contributed by atoms with van der Waals surface area (Å²) in [6.45, 7) is 2.85. The maximum absolute atomic E-state index is 13.1. The molecular weight excluding hydrogens is 558 g/mol. The molecule has 0 spiro atoms. The molecule has 3 atom stereocenters. The molecule has 0 radical (unpaired) electrons.